The molecule has 2 rings (SSSR count). The minimum absolute atomic E-state index is 0.00982. The minimum atomic E-state index is -0.219. The van der Waals surface area contributed by atoms with Crippen LogP contribution in [0, 0.1) is 0 Å². The molecule has 120 valence electrons. The maximum Gasteiger partial charge on any atom is 0.127 e. The van der Waals surface area contributed by atoms with Gasteiger partial charge < -0.3 is 20.3 Å². The number of methoxy groups -OCH3 is 1. The van der Waals surface area contributed by atoms with E-state index in [0.29, 0.717) is 6.42 Å². The Morgan fingerprint density at radius 2 is 1.36 bits per heavy atom. The fraction of sp³-hybridized carbons (Fsp3) is 0.333. The Morgan fingerprint density at radius 3 is 1.82 bits per heavy atom. The lowest BCUT2D eigenvalue weighted by atomic mass is 10.1. The fourth-order valence-corrected chi connectivity index (χ4v) is 1.84. The molecule has 0 aliphatic carbocycles. The summed E-state index contributed by atoms with van der Waals surface area (Å²) in [5, 5.41) is 8.93. The SMILES string of the molecule is CC.COc1ccc(Oc2ccc(CC(N)CO)cc2)cc1. The van der Waals surface area contributed by atoms with Gasteiger partial charge in [0.2, 0.25) is 0 Å². The zero-order chi connectivity index (χ0) is 16.4. The molecule has 1 unspecified atom stereocenters. The van der Waals surface area contributed by atoms with Crippen LogP contribution in [-0.4, -0.2) is 24.9 Å². The molecule has 0 saturated carbocycles. The van der Waals surface area contributed by atoms with Crippen molar-refractivity contribution in [2.75, 3.05) is 13.7 Å². The molecular weight excluding hydrogens is 278 g/mol. The molecule has 0 saturated heterocycles. The van der Waals surface area contributed by atoms with Gasteiger partial charge in [0.1, 0.15) is 17.2 Å². The summed E-state index contributed by atoms with van der Waals surface area (Å²) < 4.78 is 10.8. The molecule has 0 fully saturated rings. The van der Waals surface area contributed by atoms with Gasteiger partial charge in [-0.15, -0.1) is 0 Å². The zero-order valence-electron chi connectivity index (χ0n) is 13.5. The topological polar surface area (TPSA) is 64.7 Å². The highest BCUT2D eigenvalue weighted by Gasteiger charge is 2.03. The summed E-state index contributed by atoms with van der Waals surface area (Å²) in [7, 11) is 1.63. The number of hydrogen-bond donors (Lipinski definition) is 2. The van der Waals surface area contributed by atoms with Gasteiger partial charge in [-0.3, -0.25) is 0 Å². The molecule has 0 aliphatic heterocycles. The summed E-state index contributed by atoms with van der Waals surface area (Å²) in [6.45, 7) is 3.99. The predicted molar refractivity (Wildman–Crippen MR) is 89.6 cm³/mol. The first-order valence-corrected chi connectivity index (χ1v) is 7.48. The number of rotatable bonds is 6. The molecule has 2 aromatic carbocycles. The van der Waals surface area contributed by atoms with Crippen molar-refractivity contribution in [3.8, 4) is 17.2 Å². The van der Waals surface area contributed by atoms with Gasteiger partial charge in [-0.05, 0) is 48.4 Å². The maximum absolute atomic E-state index is 8.93. The van der Waals surface area contributed by atoms with E-state index in [1.807, 2.05) is 62.4 Å². The Balaban J connectivity index is 0.00000116. The standard InChI is InChI=1S/C16H19NO3.C2H6/c1-19-14-6-8-16(9-7-14)20-15-4-2-12(3-5-15)10-13(17)11-18;1-2/h2-9,13,18H,10-11,17H2,1H3;1-2H3. The van der Waals surface area contributed by atoms with E-state index in [1.54, 1.807) is 7.11 Å². The number of aliphatic hydroxyl groups is 1. The van der Waals surface area contributed by atoms with Crippen molar-refractivity contribution in [3.05, 3.63) is 54.1 Å². The Morgan fingerprint density at radius 1 is 0.909 bits per heavy atom. The predicted octanol–water partition coefficient (Wildman–Crippen LogP) is 3.38. The first-order valence-electron chi connectivity index (χ1n) is 7.48. The second-order valence-corrected chi connectivity index (χ2v) is 4.57. The van der Waals surface area contributed by atoms with Crippen LogP contribution in [0.25, 0.3) is 0 Å². The fourth-order valence-electron chi connectivity index (χ4n) is 1.84. The van der Waals surface area contributed by atoms with Crippen LogP contribution in [0.1, 0.15) is 19.4 Å². The normalized spacial score (nSPS) is 11.1. The van der Waals surface area contributed by atoms with Gasteiger partial charge in [-0.2, -0.15) is 0 Å². The summed E-state index contributed by atoms with van der Waals surface area (Å²) in [5.74, 6) is 2.31. The highest BCUT2D eigenvalue weighted by molar-refractivity contribution is 5.36. The Bertz CT molecular complexity index is 523. The van der Waals surface area contributed by atoms with Crippen LogP contribution in [0.3, 0.4) is 0 Å². The van der Waals surface area contributed by atoms with Gasteiger partial charge in [0.25, 0.3) is 0 Å². The van der Waals surface area contributed by atoms with Gasteiger partial charge >= 0.3 is 0 Å². The van der Waals surface area contributed by atoms with Crippen LogP contribution >= 0.6 is 0 Å². The number of hydrogen-bond acceptors (Lipinski definition) is 4. The molecule has 4 heteroatoms. The number of ether oxygens (including phenoxy) is 2. The van der Waals surface area contributed by atoms with E-state index in [2.05, 4.69) is 0 Å². The molecule has 22 heavy (non-hydrogen) atoms. The summed E-state index contributed by atoms with van der Waals surface area (Å²) in [6.07, 6.45) is 0.652. The lowest BCUT2D eigenvalue weighted by molar-refractivity contribution is 0.265. The molecule has 0 aliphatic rings. The number of benzene rings is 2. The molecule has 2 aromatic rings. The molecule has 0 amide bonds. The molecule has 4 nitrogen and oxygen atoms in total. The summed E-state index contributed by atoms with van der Waals surface area (Å²) in [4.78, 5) is 0. The van der Waals surface area contributed by atoms with Gasteiger partial charge in [-0.25, -0.2) is 0 Å². The molecule has 0 spiro atoms. The van der Waals surface area contributed by atoms with Gasteiger partial charge in [-0.1, -0.05) is 26.0 Å². The van der Waals surface area contributed by atoms with Crippen LogP contribution in [0.5, 0.6) is 17.2 Å². The smallest absolute Gasteiger partial charge is 0.127 e. The monoisotopic (exact) mass is 303 g/mol. The van der Waals surface area contributed by atoms with Crippen molar-refractivity contribution in [3.63, 3.8) is 0 Å². The van der Waals surface area contributed by atoms with Crippen molar-refractivity contribution in [1.82, 2.24) is 0 Å². The first kappa shape index (κ1) is 18.0. The molecule has 0 aromatic heterocycles. The third-order valence-electron chi connectivity index (χ3n) is 2.95. The second kappa shape index (κ2) is 9.82. The number of aliphatic hydroxyl groups excluding tert-OH is 1. The molecule has 0 bridgehead atoms. The lowest BCUT2D eigenvalue weighted by Crippen LogP contribution is -2.26. The Kier molecular flexibility index (Phi) is 8.04. The Labute approximate surface area is 132 Å². The summed E-state index contributed by atoms with van der Waals surface area (Å²) >= 11 is 0. The van der Waals surface area contributed by atoms with Crippen molar-refractivity contribution in [2.24, 2.45) is 5.73 Å². The summed E-state index contributed by atoms with van der Waals surface area (Å²) in [5.41, 5.74) is 6.78. The van der Waals surface area contributed by atoms with Crippen LogP contribution < -0.4 is 15.2 Å². The van der Waals surface area contributed by atoms with Crippen LogP contribution in [-0.2, 0) is 6.42 Å². The molecular formula is C18H25NO3. The minimum Gasteiger partial charge on any atom is -0.497 e. The first-order chi connectivity index (χ1) is 10.7. The molecule has 0 heterocycles. The van der Waals surface area contributed by atoms with Gasteiger partial charge in [0.05, 0.1) is 13.7 Å². The summed E-state index contributed by atoms with van der Waals surface area (Å²) in [6, 6.07) is 14.9. The van der Waals surface area contributed by atoms with E-state index in [1.165, 1.54) is 0 Å². The van der Waals surface area contributed by atoms with E-state index >= 15 is 0 Å². The van der Waals surface area contributed by atoms with Crippen molar-refractivity contribution in [2.45, 2.75) is 26.3 Å². The van der Waals surface area contributed by atoms with E-state index in [4.69, 9.17) is 20.3 Å². The van der Waals surface area contributed by atoms with Crippen LogP contribution in [0.15, 0.2) is 48.5 Å². The highest BCUT2D eigenvalue weighted by Crippen LogP contribution is 2.24. The molecule has 0 radical (unpaired) electrons. The van der Waals surface area contributed by atoms with E-state index in [-0.39, 0.29) is 12.6 Å². The van der Waals surface area contributed by atoms with E-state index < -0.39 is 0 Å². The van der Waals surface area contributed by atoms with Gasteiger partial charge in [0, 0.05) is 6.04 Å². The average Bonchev–Trinajstić information content (AvgIpc) is 2.59. The van der Waals surface area contributed by atoms with E-state index in [0.717, 1.165) is 22.8 Å². The third-order valence-corrected chi connectivity index (χ3v) is 2.95. The van der Waals surface area contributed by atoms with Gasteiger partial charge in [0.15, 0.2) is 0 Å². The quantitative estimate of drug-likeness (QED) is 0.858. The molecule has 3 N–H and O–H groups in total. The Hall–Kier alpha value is -2.04. The third kappa shape index (κ3) is 5.76. The zero-order valence-corrected chi connectivity index (χ0v) is 13.5. The maximum atomic E-state index is 8.93. The highest BCUT2D eigenvalue weighted by atomic mass is 16.5. The van der Waals surface area contributed by atoms with E-state index in [9.17, 15) is 0 Å². The largest absolute Gasteiger partial charge is 0.497 e. The van der Waals surface area contributed by atoms with Crippen molar-refractivity contribution < 1.29 is 14.6 Å². The van der Waals surface area contributed by atoms with Crippen LogP contribution in [0.2, 0.25) is 0 Å². The average molecular weight is 303 g/mol. The lowest BCUT2D eigenvalue weighted by Gasteiger charge is -2.10. The van der Waals surface area contributed by atoms with Crippen LogP contribution in [0.4, 0.5) is 0 Å². The van der Waals surface area contributed by atoms with Crippen molar-refractivity contribution in [1.29, 1.82) is 0 Å². The van der Waals surface area contributed by atoms with Crippen molar-refractivity contribution >= 4 is 0 Å². The second-order valence-electron chi connectivity index (χ2n) is 4.57. The number of nitrogens with two attached hydrogens (primary N) is 1. The molecule has 1 atom stereocenters.